The van der Waals surface area contributed by atoms with Gasteiger partial charge in [-0.2, -0.15) is 0 Å². The Morgan fingerprint density at radius 2 is 1.89 bits per heavy atom. The number of hydrogen-bond acceptors (Lipinski definition) is 1. The van der Waals surface area contributed by atoms with E-state index in [-0.39, 0.29) is 5.82 Å². The van der Waals surface area contributed by atoms with Gasteiger partial charge < -0.3 is 4.57 Å². The van der Waals surface area contributed by atoms with Crippen molar-refractivity contribution in [3.63, 3.8) is 0 Å². The minimum Gasteiger partial charge on any atom is -0.350 e. The lowest BCUT2D eigenvalue weighted by molar-refractivity contribution is 0.112. The first-order chi connectivity index (χ1) is 9.20. The zero-order chi connectivity index (χ0) is 13.4. The molecule has 0 fully saturated rings. The van der Waals surface area contributed by atoms with Crippen molar-refractivity contribution in [3.8, 4) is 11.1 Å². The molecule has 0 unspecified atom stereocenters. The fraction of sp³-hybridized carbons (Fsp3) is 0.0625. The average molecular weight is 253 g/mol. The smallest absolute Gasteiger partial charge is 0.150 e. The monoisotopic (exact) mass is 253 g/mol. The van der Waals surface area contributed by atoms with Gasteiger partial charge in [-0.3, -0.25) is 4.79 Å². The van der Waals surface area contributed by atoms with Crippen molar-refractivity contribution in [1.29, 1.82) is 0 Å². The number of carbonyl (C=O) groups is 1. The Labute approximate surface area is 110 Å². The van der Waals surface area contributed by atoms with Gasteiger partial charge in [-0.25, -0.2) is 4.39 Å². The maximum Gasteiger partial charge on any atom is 0.150 e. The summed E-state index contributed by atoms with van der Waals surface area (Å²) >= 11 is 0. The van der Waals surface area contributed by atoms with Crippen molar-refractivity contribution < 1.29 is 9.18 Å². The lowest BCUT2D eigenvalue weighted by atomic mass is 10.0. The van der Waals surface area contributed by atoms with Crippen LogP contribution in [0.3, 0.4) is 0 Å². The van der Waals surface area contributed by atoms with Crippen LogP contribution in [0.5, 0.6) is 0 Å². The van der Waals surface area contributed by atoms with Gasteiger partial charge in [0.2, 0.25) is 0 Å². The number of aromatic nitrogens is 1. The third-order valence-corrected chi connectivity index (χ3v) is 3.31. The van der Waals surface area contributed by atoms with Crippen LogP contribution < -0.4 is 0 Å². The summed E-state index contributed by atoms with van der Waals surface area (Å²) < 4.78 is 15.8. The van der Waals surface area contributed by atoms with Crippen LogP contribution >= 0.6 is 0 Å². The molecule has 0 spiro atoms. The molecule has 0 aliphatic rings. The Balaban J connectivity index is 2.32. The molecule has 0 atom stereocenters. The molecular weight excluding hydrogens is 241 g/mol. The van der Waals surface area contributed by atoms with E-state index in [2.05, 4.69) is 0 Å². The van der Waals surface area contributed by atoms with E-state index in [0.29, 0.717) is 11.1 Å². The maximum atomic E-state index is 13.9. The number of halogens is 1. The predicted molar refractivity (Wildman–Crippen MR) is 73.7 cm³/mol. The highest BCUT2D eigenvalue weighted by Gasteiger charge is 2.12. The Morgan fingerprint density at radius 3 is 2.63 bits per heavy atom. The molecule has 3 heteroatoms. The van der Waals surface area contributed by atoms with Crippen molar-refractivity contribution in [2.45, 2.75) is 0 Å². The van der Waals surface area contributed by atoms with Crippen LogP contribution in [0.4, 0.5) is 4.39 Å². The molecule has 3 rings (SSSR count). The summed E-state index contributed by atoms with van der Waals surface area (Å²) in [5.74, 6) is -0.241. The molecule has 94 valence electrons. The van der Waals surface area contributed by atoms with Gasteiger partial charge in [-0.15, -0.1) is 0 Å². The van der Waals surface area contributed by atoms with Crippen LogP contribution in [0.25, 0.3) is 22.0 Å². The zero-order valence-corrected chi connectivity index (χ0v) is 10.4. The van der Waals surface area contributed by atoms with Gasteiger partial charge >= 0.3 is 0 Å². The molecule has 1 aromatic heterocycles. The molecule has 0 amide bonds. The summed E-state index contributed by atoms with van der Waals surface area (Å²) in [4.78, 5) is 10.8. The van der Waals surface area contributed by atoms with E-state index < -0.39 is 0 Å². The summed E-state index contributed by atoms with van der Waals surface area (Å²) in [6.45, 7) is 0. The van der Waals surface area contributed by atoms with Crippen LogP contribution in [0.15, 0.2) is 48.7 Å². The molecule has 0 saturated carbocycles. The second-order valence-corrected chi connectivity index (χ2v) is 4.53. The first kappa shape index (κ1) is 11.7. The predicted octanol–water partition coefficient (Wildman–Crippen LogP) is 3.80. The van der Waals surface area contributed by atoms with Gasteiger partial charge in [0.25, 0.3) is 0 Å². The van der Waals surface area contributed by atoms with Gasteiger partial charge in [0, 0.05) is 40.8 Å². The van der Waals surface area contributed by atoms with Crippen LogP contribution in [0, 0.1) is 5.82 Å². The van der Waals surface area contributed by atoms with E-state index in [1.807, 2.05) is 36.0 Å². The highest BCUT2D eigenvalue weighted by molar-refractivity contribution is 5.98. The molecule has 19 heavy (non-hydrogen) atoms. The SMILES string of the molecule is Cn1cc(-c2ccccc2F)c2ccc(C=O)cc21. The fourth-order valence-corrected chi connectivity index (χ4v) is 2.37. The number of nitrogens with zero attached hydrogens (tertiary/aromatic N) is 1. The topological polar surface area (TPSA) is 22.0 Å². The Bertz CT molecular complexity index is 774. The number of fused-ring (bicyclic) bond motifs is 1. The first-order valence-corrected chi connectivity index (χ1v) is 6.00. The van der Waals surface area contributed by atoms with Gasteiger partial charge in [0.1, 0.15) is 12.1 Å². The Morgan fingerprint density at radius 1 is 1.11 bits per heavy atom. The average Bonchev–Trinajstić information content (AvgIpc) is 2.76. The molecule has 0 saturated heterocycles. The minimum absolute atomic E-state index is 0.241. The minimum atomic E-state index is -0.241. The summed E-state index contributed by atoms with van der Waals surface area (Å²) in [6, 6.07) is 12.1. The largest absolute Gasteiger partial charge is 0.350 e. The molecule has 0 aliphatic heterocycles. The quantitative estimate of drug-likeness (QED) is 0.637. The van der Waals surface area contributed by atoms with Crippen molar-refractivity contribution in [1.82, 2.24) is 4.57 Å². The lowest BCUT2D eigenvalue weighted by Gasteiger charge is -2.01. The van der Waals surface area contributed by atoms with Gasteiger partial charge in [0.05, 0.1) is 0 Å². The van der Waals surface area contributed by atoms with Crippen LogP contribution in [0.1, 0.15) is 10.4 Å². The molecule has 0 N–H and O–H groups in total. The third kappa shape index (κ3) is 1.83. The number of aryl methyl sites for hydroxylation is 1. The fourth-order valence-electron chi connectivity index (χ4n) is 2.37. The van der Waals surface area contributed by atoms with E-state index in [0.717, 1.165) is 22.8 Å². The van der Waals surface area contributed by atoms with Crippen LogP contribution in [-0.4, -0.2) is 10.9 Å². The summed E-state index contributed by atoms with van der Waals surface area (Å²) in [6.07, 6.45) is 2.70. The van der Waals surface area contributed by atoms with Gasteiger partial charge in [0.15, 0.2) is 0 Å². The first-order valence-electron chi connectivity index (χ1n) is 6.00. The summed E-state index contributed by atoms with van der Waals surface area (Å²) in [5, 5.41) is 0.943. The van der Waals surface area contributed by atoms with Gasteiger partial charge in [-0.05, 0) is 12.1 Å². The van der Waals surface area contributed by atoms with Crippen LogP contribution in [0.2, 0.25) is 0 Å². The third-order valence-electron chi connectivity index (χ3n) is 3.31. The molecule has 0 aliphatic carbocycles. The number of hydrogen-bond donors (Lipinski definition) is 0. The molecule has 3 aromatic rings. The highest BCUT2D eigenvalue weighted by atomic mass is 19.1. The number of aldehydes is 1. The van der Waals surface area contributed by atoms with Crippen molar-refractivity contribution >= 4 is 17.2 Å². The molecule has 2 aromatic carbocycles. The Hall–Kier alpha value is -2.42. The summed E-state index contributed by atoms with van der Waals surface area (Å²) in [7, 11) is 1.89. The van der Waals surface area contributed by atoms with Crippen molar-refractivity contribution in [2.75, 3.05) is 0 Å². The Kier molecular flexibility index (Phi) is 2.67. The number of carbonyl (C=O) groups excluding carboxylic acids is 1. The second-order valence-electron chi connectivity index (χ2n) is 4.53. The van der Waals surface area contributed by atoms with E-state index >= 15 is 0 Å². The zero-order valence-electron chi connectivity index (χ0n) is 10.4. The van der Waals surface area contributed by atoms with Gasteiger partial charge in [-0.1, -0.05) is 30.3 Å². The molecule has 1 heterocycles. The number of benzene rings is 2. The highest BCUT2D eigenvalue weighted by Crippen LogP contribution is 2.32. The molecule has 0 bridgehead atoms. The molecule has 0 radical (unpaired) electrons. The van der Waals surface area contributed by atoms with Crippen LogP contribution in [-0.2, 0) is 7.05 Å². The maximum absolute atomic E-state index is 13.9. The molecule has 2 nitrogen and oxygen atoms in total. The standard InChI is InChI=1S/C16H12FNO/c1-18-9-14(12-4-2-3-5-15(12)17)13-7-6-11(10-19)8-16(13)18/h2-10H,1H3. The summed E-state index contributed by atoms with van der Waals surface area (Å²) in [5.41, 5.74) is 2.96. The molecular formula is C16H12FNO. The van der Waals surface area contributed by atoms with E-state index in [4.69, 9.17) is 0 Å². The second kappa shape index (κ2) is 4.35. The van der Waals surface area contributed by atoms with E-state index in [9.17, 15) is 9.18 Å². The van der Waals surface area contributed by atoms with Crippen molar-refractivity contribution in [2.24, 2.45) is 7.05 Å². The lowest BCUT2D eigenvalue weighted by Crippen LogP contribution is -1.85. The van der Waals surface area contributed by atoms with E-state index in [1.165, 1.54) is 6.07 Å². The normalized spacial score (nSPS) is 10.8. The number of rotatable bonds is 2. The van der Waals surface area contributed by atoms with Crippen molar-refractivity contribution in [3.05, 3.63) is 60.0 Å². The van der Waals surface area contributed by atoms with E-state index in [1.54, 1.807) is 18.2 Å².